The maximum atomic E-state index is 11.9. The molecule has 0 bridgehead atoms. The zero-order chi connectivity index (χ0) is 12.7. The van der Waals surface area contributed by atoms with Crippen molar-refractivity contribution in [1.29, 1.82) is 0 Å². The first kappa shape index (κ1) is 13.5. The Morgan fingerprint density at radius 2 is 2.06 bits per heavy atom. The van der Waals surface area contributed by atoms with Crippen LogP contribution < -0.4 is 10.6 Å². The SMILES string of the molecule is CCN(C)CCNC(=O)c1ccccc1NC. The summed E-state index contributed by atoms with van der Waals surface area (Å²) in [4.78, 5) is 14.1. The third kappa shape index (κ3) is 4.07. The van der Waals surface area contributed by atoms with Crippen molar-refractivity contribution >= 4 is 11.6 Å². The zero-order valence-corrected chi connectivity index (χ0v) is 10.8. The lowest BCUT2D eigenvalue weighted by Crippen LogP contribution is -2.33. The van der Waals surface area contributed by atoms with Crippen molar-refractivity contribution in [2.24, 2.45) is 0 Å². The molecule has 0 spiro atoms. The molecule has 94 valence electrons. The molecule has 0 aliphatic carbocycles. The Kier molecular flexibility index (Phi) is 5.49. The molecule has 2 N–H and O–H groups in total. The number of carbonyl (C=O) groups is 1. The van der Waals surface area contributed by atoms with Crippen molar-refractivity contribution in [2.45, 2.75) is 6.92 Å². The summed E-state index contributed by atoms with van der Waals surface area (Å²) in [6.07, 6.45) is 0. The number of hydrogen-bond donors (Lipinski definition) is 2. The van der Waals surface area contributed by atoms with Crippen LogP contribution in [-0.4, -0.2) is 44.5 Å². The fourth-order valence-electron chi connectivity index (χ4n) is 1.51. The number of hydrogen-bond acceptors (Lipinski definition) is 3. The van der Waals surface area contributed by atoms with E-state index in [-0.39, 0.29) is 5.91 Å². The third-order valence-electron chi connectivity index (χ3n) is 2.76. The maximum absolute atomic E-state index is 11.9. The topological polar surface area (TPSA) is 44.4 Å². The van der Waals surface area contributed by atoms with E-state index in [1.807, 2.05) is 38.4 Å². The molecule has 4 nitrogen and oxygen atoms in total. The van der Waals surface area contributed by atoms with Gasteiger partial charge in [-0.1, -0.05) is 19.1 Å². The van der Waals surface area contributed by atoms with Crippen molar-refractivity contribution < 1.29 is 4.79 Å². The van der Waals surface area contributed by atoms with Crippen LogP contribution in [0, 0.1) is 0 Å². The quantitative estimate of drug-likeness (QED) is 0.783. The Morgan fingerprint density at radius 3 is 2.71 bits per heavy atom. The van der Waals surface area contributed by atoms with E-state index in [9.17, 15) is 4.79 Å². The monoisotopic (exact) mass is 235 g/mol. The van der Waals surface area contributed by atoms with Gasteiger partial charge in [0.1, 0.15) is 0 Å². The Bertz CT molecular complexity index is 365. The van der Waals surface area contributed by atoms with Crippen LogP contribution in [0.5, 0.6) is 0 Å². The number of nitrogens with zero attached hydrogens (tertiary/aromatic N) is 1. The molecule has 1 aromatic carbocycles. The highest BCUT2D eigenvalue weighted by molar-refractivity contribution is 5.99. The molecule has 0 fully saturated rings. The lowest BCUT2D eigenvalue weighted by molar-refractivity contribution is 0.0951. The van der Waals surface area contributed by atoms with Gasteiger partial charge in [-0.15, -0.1) is 0 Å². The normalized spacial score (nSPS) is 10.4. The van der Waals surface area contributed by atoms with Gasteiger partial charge in [-0.25, -0.2) is 0 Å². The van der Waals surface area contributed by atoms with E-state index in [1.54, 1.807) is 0 Å². The molecule has 0 saturated carbocycles. The molecule has 0 saturated heterocycles. The van der Waals surface area contributed by atoms with Crippen LogP contribution >= 0.6 is 0 Å². The number of para-hydroxylation sites is 1. The summed E-state index contributed by atoms with van der Waals surface area (Å²) in [5.41, 5.74) is 1.54. The van der Waals surface area contributed by atoms with Crippen LogP contribution in [0.15, 0.2) is 24.3 Å². The van der Waals surface area contributed by atoms with E-state index in [2.05, 4.69) is 22.5 Å². The number of nitrogens with one attached hydrogen (secondary N) is 2. The van der Waals surface area contributed by atoms with Gasteiger partial charge in [-0.3, -0.25) is 4.79 Å². The second-order valence-electron chi connectivity index (χ2n) is 3.95. The van der Waals surface area contributed by atoms with Crippen molar-refractivity contribution in [3.63, 3.8) is 0 Å². The van der Waals surface area contributed by atoms with Gasteiger partial charge in [-0.05, 0) is 25.7 Å². The Balaban J connectivity index is 2.52. The minimum atomic E-state index is -0.0283. The van der Waals surface area contributed by atoms with Crippen molar-refractivity contribution in [3.05, 3.63) is 29.8 Å². The van der Waals surface area contributed by atoms with E-state index in [0.717, 1.165) is 18.8 Å². The number of carbonyl (C=O) groups excluding carboxylic acids is 1. The van der Waals surface area contributed by atoms with E-state index in [0.29, 0.717) is 12.1 Å². The smallest absolute Gasteiger partial charge is 0.253 e. The van der Waals surface area contributed by atoms with Gasteiger partial charge >= 0.3 is 0 Å². The Morgan fingerprint density at radius 1 is 1.35 bits per heavy atom. The molecule has 17 heavy (non-hydrogen) atoms. The van der Waals surface area contributed by atoms with E-state index in [4.69, 9.17) is 0 Å². The van der Waals surface area contributed by atoms with Crippen LogP contribution in [-0.2, 0) is 0 Å². The average Bonchev–Trinajstić information content (AvgIpc) is 2.38. The summed E-state index contributed by atoms with van der Waals surface area (Å²) in [6, 6.07) is 7.50. The standard InChI is InChI=1S/C13H21N3O/c1-4-16(3)10-9-15-13(17)11-7-5-6-8-12(11)14-2/h5-8,14H,4,9-10H2,1-3H3,(H,15,17). The lowest BCUT2D eigenvalue weighted by atomic mass is 10.1. The van der Waals surface area contributed by atoms with Crippen LogP contribution in [0.2, 0.25) is 0 Å². The van der Waals surface area contributed by atoms with Gasteiger partial charge in [-0.2, -0.15) is 0 Å². The molecule has 0 radical (unpaired) electrons. The van der Waals surface area contributed by atoms with Crippen LogP contribution in [0.1, 0.15) is 17.3 Å². The summed E-state index contributed by atoms with van der Waals surface area (Å²) in [5, 5.41) is 5.93. The second-order valence-corrected chi connectivity index (χ2v) is 3.95. The first-order chi connectivity index (χ1) is 8.19. The summed E-state index contributed by atoms with van der Waals surface area (Å²) < 4.78 is 0. The fourth-order valence-corrected chi connectivity index (χ4v) is 1.51. The van der Waals surface area contributed by atoms with Gasteiger partial charge in [0.25, 0.3) is 5.91 Å². The average molecular weight is 235 g/mol. The van der Waals surface area contributed by atoms with Gasteiger partial charge < -0.3 is 15.5 Å². The minimum absolute atomic E-state index is 0.0283. The molecule has 1 rings (SSSR count). The summed E-state index contributed by atoms with van der Waals surface area (Å²) in [6.45, 7) is 4.62. The molecular formula is C13H21N3O. The minimum Gasteiger partial charge on any atom is -0.387 e. The molecule has 4 heteroatoms. The van der Waals surface area contributed by atoms with Gasteiger partial charge in [0, 0.05) is 25.8 Å². The molecule has 0 unspecified atom stereocenters. The van der Waals surface area contributed by atoms with Gasteiger partial charge in [0.2, 0.25) is 0 Å². The van der Waals surface area contributed by atoms with Crippen molar-refractivity contribution in [1.82, 2.24) is 10.2 Å². The molecule has 1 amide bonds. The van der Waals surface area contributed by atoms with E-state index in [1.165, 1.54) is 0 Å². The maximum Gasteiger partial charge on any atom is 0.253 e. The molecule has 0 aliphatic heterocycles. The number of benzene rings is 1. The fraction of sp³-hybridized carbons (Fsp3) is 0.462. The zero-order valence-electron chi connectivity index (χ0n) is 10.8. The summed E-state index contributed by atoms with van der Waals surface area (Å²) >= 11 is 0. The largest absolute Gasteiger partial charge is 0.387 e. The number of rotatable bonds is 6. The molecule has 0 atom stereocenters. The van der Waals surface area contributed by atoms with Crippen LogP contribution in [0.4, 0.5) is 5.69 Å². The second kappa shape index (κ2) is 6.91. The lowest BCUT2D eigenvalue weighted by Gasteiger charge is -2.14. The van der Waals surface area contributed by atoms with Crippen LogP contribution in [0.3, 0.4) is 0 Å². The number of amides is 1. The predicted octanol–water partition coefficient (Wildman–Crippen LogP) is 1.41. The summed E-state index contributed by atoms with van der Waals surface area (Å²) in [7, 11) is 3.85. The van der Waals surface area contributed by atoms with Gasteiger partial charge in [0.15, 0.2) is 0 Å². The first-order valence-electron chi connectivity index (χ1n) is 5.92. The molecular weight excluding hydrogens is 214 g/mol. The molecule has 0 aliphatic rings. The van der Waals surface area contributed by atoms with Crippen LogP contribution in [0.25, 0.3) is 0 Å². The van der Waals surface area contributed by atoms with Crippen molar-refractivity contribution in [2.75, 3.05) is 39.0 Å². The highest BCUT2D eigenvalue weighted by Crippen LogP contribution is 2.13. The van der Waals surface area contributed by atoms with Crippen molar-refractivity contribution in [3.8, 4) is 0 Å². The third-order valence-corrected chi connectivity index (χ3v) is 2.76. The van der Waals surface area contributed by atoms with E-state index < -0.39 is 0 Å². The van der Waals surface area contributed by atoms with E-state index >= 15 is 0 Å². The Hall–Kier alpha value is -1.55. The number of likely N-dealkylation sites (N-methyl/N-ethyl adjacent to an activating group) is 1. The first-order valence-corrected chi connectivity index (χ1v) is 5.92. The molecule has 1 aromatic rings. The molecule has 0 aromatic heterocycles. The van der Waals surface area contributed by atoms with Gasteiger partial charge in [0.05, 0.1) is 5.56 Å². The Labute approximate surface area is 103 Å². The summed E-state index contributed by atoms with van der Waals surface area (Å²) in [5.74, 6) is -0.0283. The predicted molar refractivity (Wildman–Crippen MR) is 71.5 cm³/mol. The highest BCUT2D eigenvalue weighted by Gasteiger charge is 2.08. The molecule has 0 heterocycles. The number of anilines is 1. The highest BCUT2D eigenvalue weighted by atomic mass is 16.1.